The normalized spacial score (nSPS) is 11.6. The highest BCUT2D eigenvalue weighted by atomic mass is 79.9. The van der Waals surface area contributed by atoms with Crippen molar-refractivity contribution in [2.24, 2.45) is 5.92 Å². The lowest BCUT2D eigenvalue weighted by molar-refractivity contribution is -0.138. The van der Waals surface area contributed by atoms with Gasteiger partial charge in [-0.2, -0.15) is 0 Å². The topological polar surface area (TPSA) is 66.8 Å². The van der Waals surface area contributed by atoms with Crippen LogP contribution in [0.4, 0.5) is 8.78 Å². The number of halogens is 3. The molecule has 0 aromatic heterocycles. The molecule has 144 valence electrons. The highest BCUT2D eigenvalue weighted by molar-refractivity contribution is 9.10. The molecule has 1 aromatic carbocycles. The van der Waals surface area contributed by atoms with Crippen molar-refractivity contribution < 1.29 is 28.2 Å². The molecule has 0 aliphatic carbocycles. The predicted octanol–water partition coefficient (Wildman–Crippen LogP) is 3.65. The van der Waals surface area contributed by atoms with Gasteiger partial charge < -0.3 is 14.7 Å². The summed E-state index contributed by atoms with van der Waals surface area (Å²) in [5.41, 5.74) is -0.915. The molecule has 0 saturated heterocycles. The zero-order chi connectivity index (χ0) is 19.9. The van der Waals surface area contributed by atoms with Crippen LogP contribution >= 0.6 is 15.9 Å². The summed E-state index contributed by atoms with van der Waals surface area (Å²) >= 11 is 2.89. The van der Waals surface area contributed by atoms with Gasteiger partial charge in [0, 0.05) is 18.8 Å². The molecule has 0 fully saturated rings. The first-order valence-electron chi connectivity index (χ1n) is 8.14. The Kier molecular flexibility index (Phi) is 8.87. The summed E-state index contributed by atoms with van der Waals surface area (Å²) in [6.45, 7) is 5.52. The zero-order valence-electron chi connectivity index (χ0n) is 14.9. The number of hydrogen-bond acceptors (Lipinski definition) is 5. The minimum atomic E-state index is -1.09. The number of aliphatic hydroxyl groups excluding tert-OH is 1. The Labute approximate surface area is 159 Å². The van der Waals surface area contributed by atoms with Gasteiger partial charge in [-0.25, -0.2) is 13.6 Å². The van der Waals surface area contributed by atoms with Crippen LogP contribution in [-0.4, -0.2) is 41.6 Å². The van der Waals surface area contributed by atoms with Crippen LogP contribution in [0.3, 0.4) is 0 Å². The third-order valence-electron chi connectivity index (χ3n) is 3.48. The summed E-state index contributed by atoms with van der Waals surface area (Å²) in [7, 11) is 0. The molecule has 0 unspecified atom stereocenters. The molecule has 5 nitrogen and oxygen atoms in total. The third kappa shape index (κ3) is 6.17. The van der Waals surface area contributed by atoms with Crippen molar-refractivity contribution in [3.05, 3.63) is 45.6 Å². The number of rotatable bonds is 9. The number of ether oxygens (including phenoxy) is 1. The second kappa shape index (κ2) is 10.4. The van der Waals surface area contributed by atoms with Crippen LogP contribution in [0.1, 0.15) is 37.6 Å². The molecule has 1 aromatic rings. The second-order valence-corrected chi connectivity index (χ2v) is 6.83. The number of nitrogens with zero attached hydrogens (tertiary/aromatic N) is 1. The van der Waals surface area contributed by atoms with Crippen molar-refractivity contribution in [2.45, 2.75) is 27.2 Å². The lowest BCUT2D eigenvalue weighted by Crippen LogP contribution is -2.26. The molecule has 1 N–H and O–H groups in total. The number of benzene rings is 1. The van der Waals surface area contributed by atoms with E-state index in [0.29, 0.717) is 24.9 Å². The van der Waals surface area contributed by atoms with E-state index >= 15 is 0 Å². The highest BCUT2D eigenvalue weighted by Gasteiger charge is 2.26. The maximum Gasteiger partial charge on any atom is 0.343 e. The molecule has 0 spiro atoms. The quantitative estimate of drug-likeness (QED) is 0.122. The predicted molar refractivity (Wildman–Crippen MR) is 96.4 cm³/mol. The molecular weight excluding hydrogens is 412 g/mol. The van der Waals surface area contributed by atoms with Crippen LogP contribution < -0.4 is 0 Å². The molecule has 0 radical (unpaired) electrons. The highest BCUT2D eigenvalue weighted by Crippen LogP contribution is 2.23. The number of hydrogen-bond donors (Lipinski definition) is 1. The van der Waals surface area contributed by atoms with Crippen molar-refractivity contribution >= 4 is 27.7 Å². The van der Waals surface area contributed by atoms with Crippen LogP contribution in [0.15, 0.2) is 28.4 Å². The van der Waals surface area contributed by atoms with Gasteiger partial charge in [0.05, 0.1) is 16.6 Å². The van der Waals surface area contributed by atoms with Gasteiger partial charge in [0.2, 0.25) is 5.78 Å². The zero-order valence-corrected chi connectivity index (χ0v) is 16.5. The maximum atomic E-state index is 14.0. The minimum absolute atomic E-state index is 0.0180. The first-order valence-corrected chi connectivity index (χ1v) is 8.93. The maximum absolute atomic E-state index is 14.0. The first kappa shape index (κ1) is 22.2. The van der Waals surface area contributed by atoms with E-state index in [4.69, 9.17) is 4.74 Å². The smallest absolute Gasteiger partial charge is 0.343 e. The Hall–Kier alpha value is -1.80. The van der Waals surface area contributed by atoms with Crippen LogP contribution in [0.2, 0.25) is 0 Å². The van der Waals surface area contributed by atoms with E-state index in [9.17, 15) is 23.5 Å². The molecule has 1 rings (SSSR count). The van der Waals surface area contributed by atoms with Crippen molar-refractivity contribution in [3.63, 3.8) is 0 Å². The number of ketones is 1. The SMILES string of the molecule is CCOC(=O)/C(=C\N(CO)CCC(C)C)C(=O)c1cc(Br)c(F)cc1F. The van der Waals surface area contributed by atoms with Gasteiger partial charge in [-0.15, -0.1) is 0 Å². The summed E-state index contributed by atoms with van der Waals surface area (Å²) in [4.78, 5) is 26.2. The van der Waals surface area contributed by atoms with Crippen molar-refractivity contribution in [1.82, 2.24) is 4.90 Å². The van der Waals surface area contributed by atoms with Crippen LogP contribution in [0.5, 0.6) is 0 Å². The molecule has 8 heteroatoms. The number of aliphatic hydroxyl groups is 1. The van der Waals surface area contributed by atoms with E-state index in [0.717, 1.165) is 12.3 Å². The van der Waals surface area contributed by atoms with Crippen molar-refractivity contribution in [3.8, 4) is 0 Å². The van der Waals surface area contributed by atoms with Gasteiger partial charge in [0.15, 0.2) is 0 Å². The fraction of sp³-hybridized carbons (Fsp3) is 0.444. The molecule has 0 amide bonds. The summed E-state index contributed by atoms with van der Waals surface area (Å²) in [6, 6.07) is 1.53. The average Bonchev–Trinajstić information content (AvgIpc) is 2.57. The fourth-order valence-corrected chi connectivity index (χ4v) is 2.38. The van der Waals surface area contributed by atoms with E-state index in [1.165, 1.54) is 4.90 Å². The van der Waals surface area contributed by atoms with E-state index in [2.05, 4.69) is 15.9 Å². The molecule has 0 saturated carbocycles. The van der Waals surface area contributed by atoms with Crippen LogP contribution in [0.25, 0.3) is 0 Å². The van der Waals surface area contributed by atoms with E-state index in [1.807, 2.05) is 13.8 Å². The van der Waals surface area contributed by atoms with Crippen molar-refractivity contribution in [2.75, 3.05) is 19.9 Å². The number of esters is 1. The Balaban J connectivity index is 3.28. The molecule has 26 heavy (non-hydrogen) atoms. The summed E-state index contributed by atoms with van der Waals surface area (Å²) < 4.78 is 32.2. The number of carbonyl (C=O) groups is 2. The largest absolute Gasteiger partial charge is 0.462 e. The minimum Gasteiger partial charge on any atom is -0.462 e. The monoisotopic (exact) mass is 433 g/mol. The second-order valence-electron chi connectivity index (χ2n) is 5.97. The lowest BCUT2D eigenvalue weighted by atomic mass is 10.0. The molecule has 0 atom stereocenters. The van der Waals surface area contributed by atoms with Gasteiger partial charge in [-0.3, -0.25) is 4.79 Å². The van der Waals surface area contributed by atoms with Gasteiger partial charge in [0.1, 0.15) is 23.9 Å². The summed E-state index contributed by atoms with van der Waals surface area (Å²) in [6.07, 6.45) is 1.86. The lowest BCUT2D eigenvalue weighted by Gasteiger charge is -2.20. The van der Waals surface area contributed by atoms with E-state index in [-0.39, 0.29) is 11.1 Å². The summed E-state index contributed by atoms with van der Waals surface area (Å²) in [5.74, 6) is -3.52. The molecule has 0 aliphatic heterocycles. The van der Waals surface area contributed by atoms with Gasteiger partial charge in [0.25, 0.3) is 0 Å². The fourth-order valence-electron chi connectivity index (χ4n) is 2.04. The Morgan fingerprint density at radius 1 is 1.31 bits per heavy atom. The Morgan fingerprint density at radius 3 is 2.50 bits per heavy atom. The van der Waals surface area contributed by atoms with E-state index < -0.39 is 41.3 Å². The number of Topliss-reactive ketones (excluding diaryl/α,β-unsaturated/α-hetero) is 1. The molecular formula is C18H22BrF2NO4. The third-order valence-corrected chi connectivity index (χ3v) is 4.09. The standard InChI is InChI=1S/C18H22BrF2NO4/c1-4-26-18(25)13(9-22(10-23)6-5-11(2)3)17(24)12-7-14(19)16(21)8-15(12)20/h7-9,11,23H,4-6,10H2,1-3H3/b13-9-. The average molecular weight is 434 g/mol. The molecule has 0 heterocycles. The van der Waals surface area contributed by atoms with Gasteiger partial charge >= 0.3 is 5.97 Å². The molecule has 0 aliphatic rings. The Bertz CT molecular complexity index is 692. The molecule has 0 bridgehead atoms. The number of carbonyl (C=O) groups excluding carboxylic acids is 2. The van der Waals surface area contributed by atoms with Crippen molar-refractivity contribution in [1.29, 1.82) is 0 Å². The van der Waals surface area contributed by atoms with E-state index in [1.54, 1.807) is 6.92 Å². The van der Waals surface area contributed by atoms with Gasteiger partial charge in [-0.1, -0.05) is 13.8 Å². The van der Waals surface area contributed by atoms with Crippen LogP contribution in [0, 0.1) is 17.6 Å². The Morgan fingerprint density at radius 2 is 1.96 bits per heavy atom. The summed E-state index contributed by atoms with van der Waals surface area (Å²) in [5, 5.41) is 9.47. The first-order chi connectivity index (χ1) is 12.2. The van der Waals surface area contributed by atoms with Crippen LogP contribution in [-0.2, 0) is 9.53 Å². The van der Waals surface area contributed by atoms with Gasteiger partial charge in [-0.05, 0) is 41.3 Å².